The Hall–Kier alpha value is -1.25. The molecule has 72 valence electrons. The molecule has 0 saturated carbocycles. The second-order valence-corrected chi connectivity index (χ2v) is 2.87. The lowest BCUT2D eigenvalue weighted by atomic mass is 10.2. The Morgan fingerprint density at radius 1 is 1.69 bits per heavy atom. The molecule has 3 heteroatoms. The summed E-state index contributed by atoms with van der Waals surface area (Å²) in [5, 5.41) is 2.55. The molecule has 3 nitrogen and oxygen atoms in total. The standard InChI is InChI=1S/C10H15NO2/c1-11-10(12)7-8-13-9-5-3-2-4-6-9/h2-3,5H,4,6-8H2,1H3,(H,11,12). The van der Waals surface area contributed by atoms with Crippen molar-refractivity contribution in [2.24, 2.45) is 0 Å². The van der Waals surface area contributed by atoms with Crippen molar-refractivity contribution in [2.45, 2.75) is 19.3 Å². The molecule has 0 aliphatic heterocycles. The van der Waals surface area contributed by atoms with Crippen molar-refractivity contribution in [3.8, 4) is 0 Å². The molecule has 0 aromatic heterocycles. The molecule has 1 amide bonds. The van der Waals surface area contributed by atoms with Crippen LogP contribution in [0.2, 0.25) is 0 Å². The van der Waals surface area contributed by atoms with E-state index in [9.17, 15) is 4.79 Å². The van der Waals surface area contributed by atoms with E-state index in [1.807, 2.05) is 12.2 Å². The number of hydrogen-bond acceptors (Lipinski definition) is 2. The lowest BCUT2D eigenvalue weighted by Gasteiger charge is -2.10. The lowest BCUT2D eigenvalue weighted by molar-refractivity contribution is -0.121. The fraction of sp³-hybridized carbons (Fsp3) is 0.500. The average Bonchev–Trinajstić information content (AvgIpc) is 2.19. The van der Waals surface area contributed by atoms with Crippen LogP contribution in [0.1, 0.15) is 19.3 Å². The summed E-state index contributed by atoms with van der Waals surface area (Å²) in [5.74, 6) is 0.998. The fourth-order valence-corrected chi connectivity index (χ4v) is 1.10. The number of amides is 1. The third kappa shape index (κ3) is 3.78. The normalized spacial score (nSPS) is 15.0. The molecule has 0 atom stereocenters. The summed E-state index contributed by atoms with van der Waals surface area (Å²) >= 11 is 0. The molecular formula is C10H15NO2. The number of hydrogen-bond donors (Lipinski definition) is 1. The zero-order valence-corrected chi connectivity index (χ0v) is 7.88. The quantitative estimate of drug-likeness (QED) is 0.711. The van der Waals surface area contributed by atoms with E-state index in [0.717, 1.165) is 18.6 Å². The molecule has 0 bridgehead atoms. The van der Waals surface area contributed by atoms with Crippen molar-refractivity contribution in [1.29, 1.82) is 0 Å². The van der Waals surface area contributed by atoms with E-state index in [1.54, 1.807) is 7.05 Å². The second kappa shape index (κ2) is 5.41. The van der Waals surface area contributed by atoms with Crippen LogP contribution in [0, 0.1) is 0 Å². The van der Waals surface area contributed by atoms with Gasteiger partial charge in [-0.15, -0.1) is 0 Å². The van der Waals surface area contributed by atoms with Gasteiger partial charge < -0.3 is 10.1 Å². The zero-order chi connectivity index (χ0) is 9.52. The number of allylic oxidation sites excluding steroid dienone is 4. The van der Waals surface area contributed by atoms with Gasteiger partial charge in [0, 0.05) is 13.5 Å². The summed E-state index contributed by atoms with van der Waals surface area (Å²) in [7, 11) is 1.63. The van der Waals surface area contributed by atoms with E-state index in [-0.39, 0.29) is 5.91 Å². The molecule has 1 aliphatic rings. The molecular weight excluding hydrogens is 166 g/mol. The molecule has 13 heavy (non-hydrogen) atoms. The Labute approximate surface area is 78.5 Å². The number of nitrogens with one attached hydrogen (secondary N) is 1. The first-order valence-corrected chi connectivity index (χ1v) is 4.52. The summed E-state index contributed by atoms with van der Waals surface area (Å²) in [6, 6.07) is 0. The van der Waals surface area contributed by atoms with E-state index < -0.39 is 0 Å². The summed E-state index contributed by atoms with van der Waals surface area (Å²) in [6.07, 6.45) is 8.45. The molecule has 0 unspecified atom stereocenters. The smallest absolute Gasteiger partial charge is 0.223 e. The minimum absolute atomic E-state index is 0.0203. The molecule has 0 saturated heterocycles. The Morgan fingerprint density at radius 2 is 2.54 bits per heavy atom. The predicted octanol–water partition coefficient (Wildman–Crippen LogP) is 1.37. The van der Waals surface area contributed by atoms with E-state index in [4.69, 9.17) is 4.74 Å². The summed E-state index contributed by atoms with van der Waals surface area (Å²) < 4.78 is 5.40. The van der Waals surface area contributed by atoms with Gasteiger partial charge in [-0.3, -0.25) is 4.79 Å². The van der Waals surface area contributed by atoms with Gasteiger partial charge >= 0.3 is 0 Å². The van der Waals surface area contributed by atoms with Gasteiger partial charge in [-0.25, -0.2) is 0 Å². The van der Waals surface area contributed by atoms with E-state index >= 15 is 0 Å². The topological polar surface area (TPSA) is 38.3 Å². The van der Waals surface area contributed by atoms with Gasteiger partial charge in [0.1, 0.15) is 0 Å². The molecule has 1 aliphatic carbocycles. The number of ether oxygens (including phenoxy) is 1. The van der Waals surface area contributed by atoms with Crippen molar-refractivity contribution in [2.75, 3.05) is 13.7 Å². The highest BCUT2D eigenvalue weighted by atomic mass is 16.5. The first-order valence-electron chi connectivity index (χ1n) is 4.52. The van der Waals surface area contributed by atoms with Crippen molar-refractivity contribution in [1.82, 2.24) is 5.32 Å². The lowest BCUT2D eigenvalue weighted by Crippen LogP contribution is -2.19. The first-order chi connectivity index (χ1) is 6.33. The molecule has 0 fully saturated rings. The van der Waals surface area contributed by atoms with E-state index in [1.165, 1.54) is 0 Å². The maximum Gasteiger partial charge on any atom is 0.223 e. The molecule has 0 radical (unpaired) electrons. The Bertz CT molecular complexity index is 231. The van der Waals surface area contributed by atoms with E-state index in [2.05, 4.69) is 11.4 Å². The number of carbonyl (C=O) groups is 1. The van der Waals surface area contributed by atoms with E-state index in [0.29, 0.717) is 13.0 Å². The van der Waals surface area contributed by atoms with Gasteiger partial charge in [0.2, 0.25) is 5.91 Å². The van der Waals surface area contributed by atoms with Crippen LogP contribution in [-0.4, -0.2) is 19.6 Å². The third-order valence-electron chi connectivity index (χ3n) is 1.87. The van der Waals surface area contributed by atoms with Gasteiger partial charge in [0.05, 0.1) is 18.8 Å². The number of carbonyl (C=O) groups excluding carboxylic acids is 1. The van der Waals surface area contributed by atoms with Crippen molar-refractivity contribution in [3.05, 3.63) is 24.0 Å². The fourth-order valence-electron chi connectivity index (χ4n) is 1.10. The highest BCUT2D eigenvalue weighted by molar-refractivity contribution is 5.75. The Balaban J connectivity index is 2.15. The van der Waals surface area contributed by atoms with Crippen LogP contribution in [0.4, 0.5) is 0 Å². The van der Waals surface area contributed by atoms with Crippen molar-refractivity contribution >= 4 is 5.91 Å². The SMILES string of the molecule is CNC(=O)CCOC1=CC=CCC1. The summed E-state index contributed by atoms with van der Waals surface area (Å²) in [5.41, 5.74) is 0. The molecule has 0 aromatic carbocycles. The minimum atomic E-state index is 0.0203. The Kier molecular flexibility index (Phi) is 4.09. The third-order valence-corrected chi connectivity index (χ3v) is 1.87. The predicted molar refractivity (Wildman–Crippen MR) is 51.1 cm³/mol. The van der Waals surface area contributed by atoms with Crippen LogP contribution < -0.4 is 5.32 Å². The van der Waals surface area contributed by atoms with Gasteiger partial charge in [0.15, 0.2) is 0 Å². The van der Waals surface area contributed by atoms with Crippen LogP contribution in [-0.2, 0) is 9.53 Å². The first kappa shape index (κ1) is 9.84. The average molecular weight is 181 g/mol. The molecule has 1 rings (SSSR count). The summed E-state index contributed by atoms with van der Waals surface area (Å²) in [6.45, 7) is 0.472. The molecule has 0 aromatic rings. The molecule has 0 spiro atoms. The van der Waals surface area contributed by atoms with Gasteiger partial charge in [-0.2, -0.15) is 0 Å². The monoisotopic (exact) mass is 181 g/mol. The van der Waals surface area contributed by atoms with Crippen LogP contribution in [0.3, 0.4) is 0 Å². The largest absolute Gasteiger partial charge is 0.497 e. The van der Waals surface area contributed by atoms with Crippen LogP contribution in [0.5, 0.6) is 0 Å². The van der Waals surface area contributed by atoms with Crippen LogP contribution in [0.15, 0.2) is 24.0 Å². The highest BCUT2D eigenvalue weighted by Crippen LogP contribution is 2.12. The van der Waals surface area contributed by atoms with Crippen molar-refractivity contribution in [3.63, 3.8) is 0 Å². The van der Waals surface area contributed by atoms with Gasteiger partial charge in [-0.05, 0) is 12.5 Å². The maximum atomic E-state index is 10.8. The highest BCUT2D eigenvalue weighted by Gasteiger charge is 2.02. The summed E-state index contributed by atoms with van der Waals surface area (Å²) in [4.78, 5) is 10.8. The second-order valence-electron chi connectivity index (χ2n) is 2.87. The van der Waals surface area contributed by atoms with Gasteiger partial charge in [0.25, 0.3) is 0 Å². The minimum Gasteiger partial charge on any atom is -0.497 e. The van der Waals surface area contributed by atoms with Crippen molar-refractivity contribution < 1.29 is 9.53 Å². The number of rotatable bonds is 4. The molecule has 1 N–H and O–H groups in total. The Morgan fingerprint density at radius 3 is 3.15 bits per heavy atom. The molecule has 0 heterocycles. The van der Waals surface area contributed by atoms with Crippen LogP contribution >= 0.6 is 0 Å². The zero-order valence-electron chi connectivity index (χ0n) is 7.88. The maximum absolute atomic E-state index is 10.8. The van der Waals surface area contributed by atoms with Gasteiger partial charge in [-0.1, -0.05) is 12.2 Å². The van der Waals surface area contributed by atoms with Crippen LogP contribution in [0.25, 0.3) is 0 Å².